The lowest BCUT2D eigenvalue weighted by molar-refractivity contribution is -0.344. The van der Waals surface area contributed by atoms with E-state index in [-0.39, 0.29) is 19.8 Å². The summed E-state index contributed by atoms with van der Waals surface area (Å²) in [5, 5.41) is 0. The fourth-order valence-electron chi connectivity index (χ4n) is 1.96. The third-order valence-corrected chi connectivity index (χ3v) is 2.85. The van der Waals surface area contributed by atoms with E-state index < -0.39 is 42.5 Å². The van der Waals surface area contributed by atoms with E-state index in [1.165, 1.54) is 27.9 Å². The average Bonchev–Trinajstić information content (AvgIpc) is 2.77. The quantitative estimate of drug-likeness (QED) is 0.181. The molecule has 0 saturated carbocycles. The maximum atomic E-state index is 11.3. The predicted octanol–water partition coefficient (Wildman–Crippen LogP) is -0.268. The Hall–Kier alpha value is -1.75. The molecule has 1 aliphatic rings. The molecule has 1 fully saturated rings. The van der Waals surface area contributed by atoms with Gasteiger partial charge in [-0.15, -0.1) is 0 Å². The summed E-state index contributed by atoms with van der Waals surface area (Å²) in [5.74, 6) is -1.79. The second kappa shape index (κ2) is 10.2. The molecular weight excluding hydrogens is 328 g/mol. The van der Waals surface area contributed by atoms with Gasteiger partial charge in [0.25, 0.3) is 0 Å². The van der Waals surface area contributed by atoms with Gasteiger partial charge in [-0.25, -0.2) is 9.78 Å². The van der Waals surface area contributed by atoms with Crippen LogP contribution in [0.3, 0.4) is 0 Å². The standard InChI is InChI=1S/C14H22O10/c1-8(15)19-7-11-12(24-20-6-5-18-4)13(21-9(2)16)14(23-11)22-10(3)17/h11-14H,5-7H2,1-4H3/t11-,12+,13-,14?/m1/s1. The minimum atomic E-state index is -1.21. The Labute approximate surface area is 139 Å². The van der Waals surface area contributed by atoms with Crippen LogP contribution in [-0.2, 0) is 47.8 Å². The Bertz CT molecular complexity index is 437. The predicted molar refractivity (Wildman–Crippen MR) is 75.3 cm³/mol. The zero-order valence-corrected chi connectivity index (χ0v) is 14.0. The van der Waals surface area contributed by atoms with E-state index in [1.807, 2.05) is 0 Å². The van der Waals surface area contributed by atoms with Gasteiger partial charge in [0.2, 0.25) is 6.29 Å². The molecule has 1 saturated heterocycles. The molecule has 0 aromatic rings. The highest BCUT2D eigenvalue weighted by Crippen LogP contribution is 2.28. The van der Waals surface area contributed by atoms with Gasteiger partial charge >= 0.3 is 17.9 Å². The lowest BCUT2D eigenvalue weighted by atomic mass is 10.1. The molecule has 10 nitrogen and oxygen atoms in total. The first-order chi connectivity index (χ1) is 11.3. The van der Waals surface area contributed by atoms with E-state index in [0.29, 0.717) is 0 Å². The van der Waals surface area contributed by atoms with E-state index >= 15 is 0 Å². The van der Waals surface area contributed by atoms with E-state index in [0.717, 1.165) is 0 Å². The van der Waals surface area contributed by atoms with Crippen molar-refractivity contribution in [3.05, 3.63) is 0 Å². The summed E-state index contributed by atoms with van der Waals surface area (Å²) in [6, 6.07) is 0. The van der Waals surface area contributed by atoms with Gasteiger partial charge in [0, 0.05) is 27.9 Å². The molecule has 0 aliphatic carbocycles. The van der Waals surface area contributed by atoms with Crippen LogP contribution in [-0.4, -0.2) is 69.4 Å². The SMILES string of the molecule is COCCOO[C@H]1[C@@H](COC(C)=O)OC(OC(C)=O)[C@@H]1OC(C)=O. The molecule has 0 bridgehead atoms. The minimum absolute atomic E-state index is 0.109. The van der Waals surface area contributed by atoms with Crippen LogP contribution in [0.25, 0.3) is 0 Å². The lowest BCUT2D eigenvalue weighted by Gasteiger charge is -2.22. The van der Waals surface area contributed by atoms with E-state index in [4.69, 9.17) is 33.5 Å². The second-order valence-corrected chi connectivity index (χ2v) is 4.90. The average molecular weight is 350 g/mol. The molecule has 1 unspecified atom stereocenters. The highest BCUT2D eigenvalue weighted by Gasteiger charge is 2.51. The molecule has 0 N–H and O–H groups in total. The van der Waals surface area contributed by atoms with Gasteiger partial charge < -0.3 is 23.7 Å². The number of carbonyl (C=O) groups is 3. The van der Waals surface area contributed by atoms with E-state index in [2.05, 4.69) is 0 Å². The molecule has 1 aliphatic heterocycles. The number of hydrogen-bond acceptors (Lipinski definition) is 10. The molecule has 4 atom stereocenters. The molecule has 0 spiro atoms. The topological polar surface area (TPSA) is 116 Å². The monoisotopic (exact) mass is 350 g/mol. The first-order valence-electron chi connectivity index (χ1n) is 7.25. The van der Waals surface area contributed by atoms with Crippen LogP contribution in [0.5, 0.6) is 0 Å². The molecule has 10 heteroatoms. The number of methoxy groups -OCH3 is 1. The van der Waals surface area contributed by atoms with Crippen molar-refractivity contribution in [3.8, 4) is 0 Å². The Morgan fingerprint density at radius 2 is 1.58 bits per heavy atom. The van der Waals surface area contributed by atoms with Crippen molar-refractivity contribution in [1.29, 1.82) is 0 Å². The third kappa shape index (κ3) is 6.79. The van der Waals surface area contributed by atoms with Crippen molar-refractivity contribution in [3.63, 3.8) is 0 Å². The molecule has 0 aromatic carbocycles. The number of hydrogen-bond donors (Lipinski definition) is 0. The highest BCUT2D eigenvalue weighted by molar-refractivity contribution is 5.67. The van der Waals surface area contributed by atoms with Crippen LogP contribution in [0.15, 0.2) is 0 Å². The lowest BCUT2D eigenvalue weighted by Crippen LogP contribution is -2.41. The van der Waals surface area contributed by atoms with Gasteiger partial charge in [0.1, 0.15) is 19.3 Å². The highest BCUT2D eigenvalue weighted by atomic mass is 17.2. The smallest absolute Gasteiger partial charge is 0.305 e. The maximum Gasteiger partial charge on any atom is 0.305 e. The third-order valence-electron chi connectivity index (χ3n) is 2.85. The van der Waals surface area contributed by atoms with Crippen molar-refractivity contribution < 1.29 is 47.8 Å². The fourth-order valence-corrected chi connectivity index (χ4v) is 1.96. The van der Waals surface area contributed by atoms with Crippen molar-refractivity contribution in [2.45, 2.75) is 45.4 Å². The van der Waals surface area contributed by atoms with Gasteiger partial charge in [-0.2, -0.15) is 0 Å². The molecule has 138 valence electrons. The molecular formula is C14H22O10. The van der Waals surface area contributed by atoms with Gasteiger partial charge in [0.15, 0.2) is 12.2 Å². The van der Waals surface area contributed by atoms with Crippen molar-refractivity contribution in [2.24, 2.45) is 0 Å². The summed E-state index contributed by atoms with van der Waals surface area (Å²) in [4.78, 5) is 43.7. The van der Waals surface area contributed by atoms with Crippen LogP contribution >= 0.6 is 0 Å². The summed E-state index contributed by atoms with van der Waals surface area (Å²) < 4.78 is 25.3. The Balaban J connectivity index is 2.82. The Morgan fingerprint density at radius 1 is 0.917 bits per heavy atom. The number of carbonyl (C=O) groups excluding carboxylic acids is 3. The summed E-state index contributed by atoms with van der Waals surface area (Å²) in [6.07, 6.45) is -4.10. The number of esters is 3. The summed E-state index contributed by atoms with van der Waals surface area (Å²) in [7, 11) is 1.49. The summed E-state index contributed by atoms with van der Waals surface area (Å²) >= 11 is 0. The van der Waals surface area contributed by atoms with Crippen molar-refractivity contribution >= 4 is 17.9 Å². The van der Waals surface area contributed by atoms with E-state index in [1.54, 1.807) is 0 Å². The van der Waals surface area contributed by atoms with Gasteiger partial charge in [-0.05, 0) is 0 Å². The molecule has 0 aromatic heterocycles. The first kappa shape index (κ1) is 20.3. The van der Waals surface area contributed by atoms with Gasteiger partial charge in [0.05, 0.1) is 6.61 Å². The van der Waals surface area contributed by atoms with Crippen molar-refractivity contribution in [2.75, 3.05) is 26.9 Å². The molecule has 1 heterocycles. The zero-order chi connectivity index (χ0) is 18.1. The summed E-state index contributed by atoms with van der Waals surface area (Å²) in [5.41, 5.74) is 0. The largest absolute Gasteiger partial charge is 0.463 e. The van der Waals surface area contributed by atoms with Crippen LogP contribution < -0.4 is 0 Å². The first-order valence-corrected chi connectivity index (χ1v) is 7.25. The summed E-state index contributed by atoms with van der Waals surface area (Å²) in [6.45, 7) is 3.79. The number of rotatable bonds is 9. The van der Waals surface area contributed by atoms with E-state index in [9.17, 15) is 14.4 Å². The Morgan fingerprint density at radius 3 is 2.12 bits per heavy atom. The van der Waals surface area contributed by atoms with Gasteiger partial charge in [-0.3, -0.25) is 14.4 Å². The van der Waals surface area contributed by atoms with Crippen molar-refractivity contribution in [1.82, 2.24) is 0 Å². The van der Waals surface area contributed by atoms with Crippen LogP contribution in [0.1, 0.15) is 20.8 Å². The van der Waals surface area contributed by atoms with Crippen LogP contribution in [0.2, 0.25) is 0 Å². The maximum absolute atomic E-state index is 11.3. The zero-order valence-electron chi connectivity index (χ0n) is 14.0. The van der Waals surface area contributed by atoms with Crippen LogP contribution in [0, 0.1) is 0 Å². The van der Waals surface area contributed by atoms with Gasteiger partial charge in [-0.1, -0.05) is 0 Å². The second-order valence-electron chi connectivity index (χ2n) is 4.90. The molecule has 24 heavy (non-hydrogen) atoms. The number of ether oxygens (including phenoxy) is 5. The fraction of sp³-hybridized carbons (Fsp3) is 0.786. The molecule has 0 amide bonds. The normalized spacial score (nSPS) is 26.0. The Kier molecular flexibility index (Phi) is 8.61. The molecule has 1 rings (SSSR count). The molecule has 0 radical (unpaired) electrons. The minimum Gasteiger partial charge on any atom is -0.463 e. The van der Waals surface area contributed by atoms with Crippen LogP contribution in [0.4, 0.5) is 0 Å².